The molecule has 0 aliphatic rings. The van der Waals surface area contributed by atoms with Crippen LogP contribution in [0.1, 0.15) is 30.4 Å². The van der Waals surface area contributed by atoms with Gasteiger partial charge in [-0.05, 0) is 29.0 Å². The first-order valence-corrected chi connectivity index (χ1v) is 7.43. The summed E-state index contributed by atoms with van der Waals surface area (Å²) in [5.74, 6) is -1.40. The topological polar surface area (TPSA) is 71.3 Å². The lowest BCUT2D eigenvalue weighted by Gasteiger charge is -2.27. The summed E-state index contributed by atoms with van der Waals surface area (Å²) in [7, 11) is 0. The number of thiophene rings is 1. The van der Waals surface area contributed by atoms with Crippen molar-refractivity contribution in [3.05, 3.63) is 40.8 Å². The molecule has 6 heteroatoms. The highest BCUT2D eigenvalue weighted by molar-refractivity contribution is 7.12. The molecule has 0 saturated heterocycles. The fourth-order valence-electron chi connectivity index (χ4n) is 2.02. The summed E-state index contributed by atoms with van der Waals surface area (Å²) in [6.45, 7) is 5.36. The first-order chi connectivity index (χ1) is 9.80. The van der Waals surface area contributed by atoms with Crippen molar-refractivity contribution >= 4 is 23.2 Å². The van der Waals surface area contributed by atoms with Crippen LogP contribution in [0.15, 0.2) is 36.0 Å². The highest BCUT2D eigenvalue weighted by Crippen LogP contribution is 2.24. The molecule has 0 saturated carbocycles. The van der Waals surface area contributed by atoms with Gasteiger partial charge < -0.3 is 15.0 Å². The standard InChI is InChI=1S/C15H18N2O3S/c1-15(2,3)12(14(19)20)16-13(18)11-10(6-9-21-11)17-7-4-5-8-17/h4-9,12H,1-3H3,(H,16,18)(H,19,20)/t12-/m0/s1. The van der Waals surface area contributed by atoms with Crippen molar-refractivity contribution in [3.63, 3.8) is 0 Å². The first kappa shape index (κ1) is 15.3. The van der Waals surface area contributed by atoms with Crippen molar-refractivity contribution in [2.45, 2.75) is 26.8 Å². The average Bonchev–Trinajstić information content (AvgIpc) is 3.02. The number of carboxylic acids is 1. The van der Waals surface area contributed by atoms with E-state index < -0.39 is 17.4 Å². The van der Waals surface area contributed by atoms with E-state index in [4.69, 9.17) is 0 Å². The van der Waals surface area contributed by atoms with Crippen LogP contribution in [-0.4, -0.2) is 27.6 Å². The lowest BCUT2D eigenvalue weighted by molar-refractivity contribution is -0.142. The molecule has 2 rings (SSSR count). The zero-order chi connectivity index (χ0) is 15.6. The SMILES string of the molecule is CC(C)(C)[C@@H](NC(=O)c1sccc1-n1cccc1)C(=O)O. The Morgan fingerprint density at radius 3 is 2.43 bits per heavy atom. The van der Waals surface area contributed by atoms with Crippen molar-refractivity contribution in [3.8, 4) is 5.69 Å². The highest BCUT2D eigenvalue weighted by Gasteiger charge is 2.33. The monoisotopic (exact) mass is 306 g/mol. The van der Waals surface area contributed by atoms with Crippen molar-refractivity contribution in [2.24, 2.45) is 5.41 Å². The molecule has 0 radical (unpaired) electrons. The second kappa shape index (κ2) is 5.73. The molecule has 1 amide bonds. The molecule has 0 bridgehead atoms. The van der Waals surface area contributed by atoms with Crippen molar-refractivity contribution in [2.75, 3.05) is 0 Å². The minimum absolute atomic E-state index is 0.365. The summed E-state index contributed by atoms with van der Waals surface area (Å²) >= 11 is 1.29. The van der Waals surface area contributed by atoms with Crippen LogP contribution in [-0.2, 0) is 4.79 Å². The summed E-state index contributed by atoms with van der Waals surface area (Å²) in [5, 5.41) is 13.7. The lowest BCUT2D eigenvalue weighted by atomic mass is 9.87. The molecular weight excluding hydrogens is 288 g/mol. The minimum Gasteiger partial charge on any atom is -0.480 e. The maximum Gasteiger partial charge on any atom is 0.326 e. The first-order valence-electron chi connectivity index (χ1n) is 6.55. The average molecular weight is 306 g/mol. The number of hydrogen-bond acceptors (Lipinski definition) is 3. The van der Waals surface area contributed by atoms with Crippen LogP contribution in [0.5, 0.6) is 0 Å². The zero-order valence-corrected chi connectivity index (χ0v) is 13.0. The molecule has 2 N–H and O–H groups in total. The van der Waals surface area contributed by atoms with Gasteiger partial charge in [0.05, 0.1) is 5.69 Å². The molecule has 0 unspecified atom stereocenters. The quantitative estimate of drug-likeness (QED) is 0.912. The van der Waals surface area contributed by atoms with Crippen LogP contribution in [0.4, 0.5) is 0 Å². The summed E-state index contributed by atoms with van der Waals surface area (Å²) in [4.78, 5) is 24.3. The molecule has 0 aliphatic carbocycles. The highest BCUT2D eigenvalue weighted by atomic mass is 32.1. The number of aromatic nitrogens is 1. The van der Waals surface area contributed by atoms with Crippen LogP contribution >= 0.6 is 11.3 Å². The number of carbonyl (C=O) groups excluding carboxylic acids is 1. The van der Waals surface area contributed by atoms with Crippen LogP contribution in [0.25, 0.3) is 5.69 Å². The minimum atomic E-state index is -1.03. The van der Waals surface area contributed by atoms with E-state index in [1.807, 2.05) is 40.5 Å². The fraction of sp³-hybridized carbons (Fsp3) is 0.333. The summed E-state index contributed by atoms with van der Waals surface area (Å²) in [6.07, 6.45) is 3.69. The Labute approximate surface area is 127 Å². The molecule has 2 aromatic rings. The maximum absolute atomic E-state index is 12.4. The molecule has 21 heavy (non-hydrogen) atoms. The Morgan fingerprint density at radius 1 is 1.29 bits per heavy atom. The number of carboxylic acid groups (broad SMARTS) is 1. The van der Waals surface area contributed by atoms with Crippen molar-refractivity contribution in [1.29, 1.82) is 0 Å². The summed E-state index contributed by atoms with van der Waals surface area (Å²) in [6, 6.07) is 4.64. The largest absolute Gasteiger partial charge is 0.480 e. The number of nitrogens with one attached hydrogen (secondary N) is 1. The summed E-state index contributed by atoms with van der Waals surface area (Å²) in [5.41, 5.74) is 0.187. The van der Waals surface area contributed by atoms with Gasteiger partial charge in [-0.2, -0.15) is 0 Å². The second-order valence-electron chi connectivity index (χ2n) is 5.84. The molecular formula is C15H18N2O3S. The Bertz CT molecular complexity index is 638. The maximum atomic E-state index is 12.4. The zero-order valence-electron chi connectivity index (χ0n) is 12.2. The van der Waals surface area contributed by atoms with E-state index in [9.17, 15) is 14.7 Å². The molecule has 5 nitrogen and oxygen atoms in total. The number of aliphatic carboxylic acids is 1. The van der Waals surface area contributed by atoms with E-state index in [1.165, 1.54) is 11.3 Å². The van der Waals surface area contributed by atoms with E-state index in [0.717, 1.165) is 5.69 Å². The van der Waals surface area contributed by atoms with Gasteiger partial charge in [-0.15, -0.1) is 11.3 Å². The Hall–Kier alpha value is -2.08. The molecule has 0 aromatic carbocycles. The Kier molecular flexibility index (Phi) is 4.18. The number of amides is 1. The normalized spacial score (nSPS) is 12.9. The van der Waals surface area contributed by atoms with Gasteiger partial charge in [0.15, 0.2) is 0 Å². The van der Waals surface area contributed by atoms with Gasteiger partial charge in [0.1, 0.15) is 10.9 Å². The fourth-order valence-corrected chi connectivity index (χ4v) is 2.81. The number of rotatable bonds is 4. The van der Waals surface area contributed by atoms with Crippen LogP contribution in [0, 0.1) is 5.41 Å². The van der Waals surface area contributed by atoms with Gasteiger partial charge in [0, 0.05) is 12.4 Å². The molecule has 0 aliphatic heterocycles. The van der Waals surface area contributed by atoms with Crippen LogP contribution in [0.3, 0.4) is 0 Å². The molecule has 0 fully saturated rings. The van der Waals surface area contributed by atoms with E-state index in [-0.39, 0.29) is 5.91 Å². The second-order valence-corrected chi connectivity index (χ2v) is 6.75. The smallest absolute Gasteiger partial charge is 0.326 e. The van der Waals surface area contributed by atoms with Gasteiger partial charge in [-0.3, -0.25) is 4.79 Å². The predicted molar refractivity (Wildman–Crippen MR) is 82.0 cm³/mol. The number of nitrogens with zero attached hydrogens (tertiary/aromatic N) is 1. The van der Waals surface area contributed by atoms with E-state index in [2.05, 4.69) is 5.32 Å². The molecule has 1 atom stereocenters. The van der Waals surface area contributed by atoms with E-state index >= 15 is 0 Å². The van der Waals surface area contributed by atoms with Gasteiger partial charge in [-0.25, -0.2) is 4.79 Å². The molecule has 2 heterocycles. The third kappa shape index (κ3) is 3.33. The van der Waals surface area contributed by atoms with Gasteiger partial charge in [0.25, 0.3) is 5.91 Å². The summed E-state index contributed by atoms with van der Waals surface area (Å²) < 4.78 is 1.83. The molecule has 0 spiro atoms. The predicted octanol–water partition coefficient (Wildman–Crippen LogP) is 2.77. The van der Waals surface area contributed by atoms with Gasteiger partial charge in [-0.1, -0.05) is 20.8 Å². The number of hydrogen-bond donors (Lipinski definition) is 2. The Balaban J connectivity index is 2.26. The van der Waals surface area contributed by atoms with Crippen LogP contribution in [0.2, 0.25) is 0 Å². The third-order valence-electron chi connectivity index (χ3n) is 3.12. The van der Waals surface area contributed by atoms with E-state index in [1.54, 1.807) is 20.8 Å². The van der Waals surface area contributed by atoms with Gasteiger partial charge in [0.2, 0.25) is 0 Å². The molecule has 112 valence electrons. The molecule has 2 aromatic heterocycles. The lowest BCUT2D eigenvalue weighted by Crippen LogP contribution is -2.49. The van der Waals surface area contributed by atoms with Crippen LogP contribution < -0.4 is 5.32 Å². The van der Waals surface area contributed by atoms with Gasteiger partial charge >= 0.3 is 5.97 Å². The van der Waals surface area contributed by atoms with E-state index in [0.29, 0.717) is 4.88 Å². The Morgan fingerprint density at radius 2 is 1.90 bits per heavy atom. The number of carbonyl (C=O) groups is 2. The van der Waals surface area contributed by atoms with Crippen molar-refractivity contribution in [1.82, 2.24) is 9.88 Å². The third-order valence-corrected chi connectivity index (χ3v) is 4.02. The van der Waals surface area contributed by atoms with Crippen molar-refractivity contribution < 1.29 is 14.7 Å².